The number of aliphatic hydroxyl groups is 1. The molecule has 4 N–H and O–H groups in total. The number of anilines is 1. The number of carbonyl (C=O) groups excluding carboxylic acids is 1. The Balaban J connectivity index is 1.75. The third kappa shape index (κ3) is 5.42. The molecule has 3 heterocycles. The fourth-order valence-corrected chi connectivity index (χ4v) is 3.62. The van der Waals surface area contributed by atoms with Gasteiger partial charge in [0.15, 0.2) is 0 Å². The van der Waals surface area contributed by atoms with E-state index in [1.807, 2.05) is 20.8 Å². The van der Waals surface area contributed by atoms with Crippen LogP contribution in [-0.4, -0.2) is 74.6 Å². The van der Waals surface area contributed by atoms with Crippen molar-refractivity contribution in [2.45, 2.75) is 51.2 Å². The van der Waals surface area contributed by atoms with E-state index in [4.69, 9.17) is 13.8 Å². The normalized spacial score (nSPS) is 22.9. The van der Waals surface area contributed by atoms with Crippen molar-refractivity contribution in [1.29, 1.82) is 0 Å². The summed E-state index contributed by atoms with van der Waals surface area (Å²) in [5, 5.41) is 15.9. The van der Waals surface area contributed by atoms with Crippen molar-refractivity contribution in [3.8, 4) is 0 Å². The molecule has 2 aromatic rings. The van der Waals surface area contributed by atoms with Crippen LogP contribution in [0.25, 0.3) is 11.2 Å². The Bertz CT molecular complexity index is 906. The molecule has 1 aliphatic rings. The Kier molecular flexibility index (Phi) is 6.61. The van der Waals surface area contributed by atoms with Gasteiger partial charge in [-0.1, -0.05) is 0 Å². The number of rotatable bonds is 6. The van der Waals surface area contributed by atoms with Crippen molar-refractivity contribution < 1.29 is 28.6 Å². The van der Waals surface area contributed by atoms with E-state index in [-0.39, 0.29) is 12.4 Å². The molecule has 0 saturated carbocycles. The van der Waals surface area contributed by atoms with E-state index < -0.39 is 37.8 Å². The molecule has 0 unspecified atom stereocenters. The van der Waals surface area contributed by atoms with Gasteiger partial charge in [0.2, 0.25) is 0 Å². The topological polar surface area (TPSA) is 153 Å². The van der Waals surface area contributed by atoms with Crippen LogP contribution < -0.4 is 10.6 Å². The van der Waals surface area contributed by atoms with Crippen molar-refractivity contribution in [1.82, 2.24) is 24.8 Å². The molecule has 0 bridgehead atoms. The van der Waals surface area contributed by atoms with Crippen molar-refractivity contribution in [3.63, 3.8) is 0 Å². The number of nitrogens with zero attached hydrogens (tertiary/aromatic N) is 4. The zero-order valence-electron chi connectivity index (χ0n) is 17.6. The predicted molar refractivity (Wildman–Crippen MR) is 114 cm³/mol. The van der Waals surface area contributed by atoms with Gasteiger partial charge in [-0.25, -0.2) is 0 Å². The van der Waals surface area contributed by atoms with Crippen LogP contribution in [0.5, 0.6) is 0 Å². The Labute approximate surface area is 175 Å². The summed E-state index contributed by atoms with van der Waals surface area (Å²) in [7, 11) is -0.307. The summed E-state index contributed by atoms with van der Waals surface area (Å²) in [4.78, 5) is 34.7. The fourth-order valence-electron chi connectivity index (χ4n) is 3.00. The summed E-state index contributed by atoms with van der Waals surface area (Å²) in [5.74, 6) is 0.245. The Hall–Kier alpha value is -1.89. The first kappa shape index (κ1) is 22.8. The van der Waals surface area contributed by atoms with Crippen LogP contribution in [0.15, 0.2) is 12.7 Å². The predicted octanol–water partition coefficient (Wildman–Crippen LogP) is 0.0930. The van der Waals surface area contributed by atoms with E-state index in [9.17, 15) is 14.8 Å². The average Bonchev–Trinajstić information content (AvgIpc) is 3.22. The number of ether oxygens (including phenoxy) is 1. The van der Waals surface area contributed by atoms with Gasteiger partial charge in [-0.3, -0.25) is 0 Å². The van der Waals surface area contributed by atoms with E-state index in [1.165, 1.54) is 27.3 Å². The standard InChI is InChI=1S/C16H28BN6O6P/c1-16(2,3)22-15(25)21-12-11-13(19-7-18-12)23(8-20-11)14-10(24)5-9(29-14)6-28-30(17,26)27-4/h7-10,14,24,26,30H,5-6,17H2,1-4H3,(H2,18,19,21,22,25)/t9-,10-,14+/m0/s1. The molecule has 14 heteroatoms. The Morgan fingerprint density at radius 2 is 2.17 bits per heavy atom. The third-order valence-corrected chi connectivity index (χ3v) is 5.89. The van der Waals surface area contributed by atoms with Gasteiger partial charge in [0.25, 0.3) is 0 Å². The second-order valence-electron chi connectivity index (χ2n) is 8.24. The van der Waals surface area contributed by atoms with Gasteiger partial charge in [0.1, 0.15) is 0 Å². The summed E-state index contributed by atoms with van der Waals surface area (Å²) in [5.41, 5.74) is 0.358. The first-order chi connectivity index (χ1) is 14.0. The first-order valence-corrected chi connectivity index (χ1v) is 11.8. The quantitative estimate of drug-likeness (QED) is 0.360. The molecule has 2 aromatic heterocycles. The van der Waals surface area contributed by atoms with Crippen LogP contribution >= 0.6 is 7.82 Å². The summed E-state index contributed by atoms with van der Waals surface area (Å²) < 4.78 is 17.8. The molecule has 2 amide bonds. The maximum atomic E-state index is 12.2. The molecule has 3 atom stereocenters. The number of aromatic nitrogens is 4. The van der Waals surface area contributed by atoms with Crippen LogP contribution in [0, 0.1) is 0 Å². The molecule has 1 aliphatic heterocycles. The molecule has 0 radical (unpaired) electrons. The van der Waals surface area contributed by atoms with Crippen LogP contribution in [0.4, 0.5) is 10.6 Å². The van der Waals surface area contributed by atoms with Crippen molar-refractivity contribution in [3.05, 3.63) is 12.7 Å². The minimum atomic E-state index is -3.19. The molecule has 12 nitrogen and oxygen atoms in total. The van der Waals surface area contributed by atoms with Crippen LogP contribution in [0.2, 0.25) is 0 Å². The average molecular weight is 442 g/mol. The number of urea groups is 1. The first-order valence-electron chi connectivity index (χ1n) is 9.51. The van der Waals surface area contributed by atoms with E-state index in [0.29, 0.717) is 17.6 Å². The number of hydrogen-bond donors (Lipinski definition) is 4. The molecule has 0 aromatic carbocycles. The van der Waals surface area contributed by atoms with Gasteiger partial charge in [-0.2, -0.15) is 0 Å². The van der Waals surface area contributed by atoms with Gasteiger partial charge in [-0.15, -0.1) is 0 Å². The van der Waals surface area contributed by atoms with Crippen LogP contribution in [-0.2, 0) is 13.8 Å². The molecule has 1 saturated heterocycles. The second kappa shape index (κ2) is 8.70. The molecule has 0 aliphatic carbocycles. The molecular formula is C16H28BN6O6P. The van der Waals surface area contributed by atoms with Crippen LogP contribution in [0.3, 0.4) is 0 Å². The molecule has 1 fully saturated rings. The summed E-state index contributed by atoms with van der Waals surface area (Å²) >= 11 is 0. The van der Waals surface area contributed by atoms with Gasteiger partial charge in [0.05, 0.1) is 0 Å². The minimum absolute atomic E-state index is 0.0853. The van der Waals surface area contributed by atoms with E-state index in [2.05, 4.69) is 25.6 Å². The van der Waals surface area contributed by atoms with Gasteiger partial charge < -0.3 is 0 Å². The van der Waals surface area contributed by atoms with Crippen molar-refractivity contribution >= 4 is 38.4 Å². The molecule has 3 rings (SSSR count). The van der Waals surface area contributed by atoms with Crippen molar-refractivity contribution in [2.75, 3.05) is 19.0 Å². The molecular weight excluding hydrogens is 414 g/mol. The number of fused-ring (bicyclic) bond motifs is 1. The van der Waals surface area contributed by atoms with Gasteiger partial charge in [0, 0.05) is 5.54 Å². The number of nitrogens with one attached hydrogen (secondary N) is 2. The summed E-state index contributed by atoms with van der Waals surface area (Å²) in [6.45, 7) is 5.68. The van der Waals surface area contributed by atoms with Gasteiger partial charge in [-0.05, 0) is 20.8 Å². The third-order valence-electron chi connectivity index (χ3n) is 4.43. The zero-order valence-corrected chi connectivity index (χ0v) is 18.6. The number of carbonyl (C=O) groups is 1. The summed E-state index contributed by atoms with van der Waals surface area (Å²) in [6.07, 6.45) is 1.07. The monoisotopic (exact) mass is 442 g/mol. The van der Waals surface area contributed by atoms with Crippen LogP contribution in [0.1, 0.15) is 33.4 Å². The van der Waals surface area contributed by atoms with E-state index in [1.54, 1.807) is 4.57 Å². The van der Waals surface area contributed by atoms with E-state index in [0.717, 1.165) is 0 Å². The van der Waals surface area contributed by atoms with E-state index >= 15 is 0 Å². The molecule has 166 valence electrons. The fraction of sp³-hybridized carbons (Fsp3) is 0.625. The maximum absolute atomic E-state index is 12.2. The van der Waals surface area contributed by atoms with Gasteiger partial charge >= 0.3 is 148 Å². The summed E-state index contributed by atoms with van der Waals surface area (Å²) in [6, 6.07) is -0.416. The second-order valence-corrected chi connectivity index (χ2v) is 10.7. The molecule has 30 heavy (non-hydrogen) atoms. The Morgan fingerprint density at radius 1 is 1.43 bits per heavy atom. The zero-order chi connectivity index (χ0) is 22.1. The number of hydrogen-bond acceptors (Lipinski definition) is 9. The number of aliphatic hydroxyl groups excluding tert-OH is 1. The number of amides is 2. The SMILES string of the molecule is B[PH](O)(OC)OC[C@@H]1C[C@H](O)[C@H](n2cnc3c(NC(=O)NC(C)(C)C)ncnc32)O1. The Morgan fingerprint density at radius 3 is 2.83 bits per heavy atom. The van der Waals surface area contributed by atoms with Crippen molar-refractivity contribution in [2.24, 2.45) is 0 Å². The molecule has 0 spiro atoms. The number of imidazole rings is 1.